The van der Waals surface area contributed by atoms with E-state index < -0.39 is 5.92 Å². The summed E-state index contributed by atoms with van der Waals surface area (Å²) in [6.07, 6.45) is 0.0903. The molecule has 13 heavy (non-hydrogen) atoms. The molecule has 0 spiro atoms. The number of nitrogens with one attached hydrogen (secondary N) is 1. The Hall–Kier alpha value is 0.0700. The monoisotopic (exact) mass is 212 g/mol. The summed E-state index contributed by atoms with van der Waals surface area (Å²) in [6.45, 7) is 3.09. The molecule has 2 aliphatic rings. The first-order chi connectivity index (χ1) is 5.67. The molecule has 2 heterocycles. The van der Waals surface area contributed by atoms with Gasteiger partial charge in [0.25, 0.3) is 5.92 Å². The van der Waals surface area contributed by atoms with Crippen molar-refractivity contribution >= 4 is 12.4 Å². The lowest BCUT2D eigenvalue weighted by atomic mass is 10.0. The fourth-order valence-corrected chi connectivity index (χ4v) is 1.75. The fraction of sp³-hybridized carbons (Fsp3) is 1.00. The number of piperidine rings is 1. The number of hydrogen-bond acceptors (Lipinski definition) is 2. The lowest BCUT2D eigenvalue weighted by molar-refractivity contribution is -0.0669. The van der Waals surface area contributed by atoms with Crippen LogP contribution < -0.4 is 5.32 Å². The van der Waals surface area contributed by atoms with Gasteiger partial charge >= 0.3 is 0 Å². The number of nitrogens with zero attached hydrogens (tertiary/aromatic N) is 1. The van der Waals surface area contributed by atoms with Crippen LogP contribution in [0.4, 0.5) is 8.78 Å². The molecule has 0 aliphatic carbocycles. The van der Waals surface area contributed by atoms with Crippen molar-refractivity contribution in [2.24, 2.45) is 0 Å². The summed E-state index contributed by atoms with van der Waals surface area (Å²) in [5.41, 5.74) is 0. The number of halogens is 3. The van der Waals surface area contributed by atoms with Crippen molar-refractivity contribution < 1.29 is 8.78 Å². The SMILES string of the molecule is Cl.FC1(F)CCN(C2CNC2)CC1. The van der Waals surface area contributed by atoms with Crippen LogP contribution in [-0.4, -0.2) is 43.0 Å². The van der Waals surface area contributed by atoms with E-state index in [2.05, 4.69) is 10.2 Å². The van der Waals surface area contributed by atoms with Gasteiger partial charge in [0.15, 0.2) is 0 Å². The van der Waals surface area contributed by atoms with Crippen LogP contribution in [0.2, 0.25) is 0 Å². The van der Waals surface area contributed by atoms with Gasteiger partial charge in [-0.2, -0.15) is 0 Å². The molecule has 0 aromatic rings. The quantitative estimate of drug-likeness (QED) is 0.701. The molecule has 0 saturated carbocycles. The van der Waals surface area contributed by atoms with Crippen molar-refractivity contribution in [1.82, 2.24) is 10.2 Å². The van der Waals surface area contributed by atoms with Gasteiger partial charge in [-0.05, 0) is 0 Å². The van der Waals surface area contributed by atoms with E-state index in [0.717, 1.165) is 13.1 Å². The van der Waals surface area contributed by atoms with Crippen molar-refractivity contribution in [3.63, 3.8) is 0 Å². The van der Waals surface area contributed by atoms with Crippen LogP contribution in [0.15, 0.2) is 0 Å². The van der Waals surface area contributed by atoms with E-state index in [9.17, 15) is 8.78 Å². The summed E-state index contributed by atoms with van der Waals surface area (Å²) in [4.78, 5) is 2.17. The molecule has 2 nitrogen and oxygen atoms in total. The molecule has 0 radical (unpaired) electrons. The molecule has 0 aromatic carbocycles. The summed E-state index contributed by atoms with van der Waals surface area (Å²) >= 11 is 0. The minimum atomic E-state index is -2.40. The first-order valence-corrected chi connectivity index (χ1v) is 4.50. The molecule has 2 saturated heterocycles. The Morgan fingerprint density at radius 3 is 2.08 bits per heavy atom. The zero-order valence-corrected chi connectivity index (χ0v) is 8.25. The highest BCUT2D eigenvalue weighted by atomic mass is 35.5. The Labute approximate surface area is 83.1 Å². The van der Waals surface area contributed by atoms with Gasteiger partial charge in [0, 0.05) is 45.1 Å². The van der Waals surface area contributed by atoms with Gasteiger partial charge in [0.2, 0.25) is 0 Å². The Kier molecular flexibility index (Phi) is 3.49. The summed E-state index contributed by atoms with van der Waals surface area (Å²) in [5, 5.41) is 3.15. The molecule has 0 bridgehead atoms. The maximum absolute atomic E-state index is 12.7. The van der Waals surface area contributed by atoms with Gasteiger partial charge in [-0.1, -0.05) is 0 Å². The van der Waals surface area contributed by atoms with E-state index in [0.29, 0.717) is 19.1 Å². The summed E-state index contributed by atoms with van der Waals surface area (Å²) in [6, 6.07) is 0.529. The van der Waals surface area contributed by atoms with Crippen molar-refractivity contribution in [3.05, 3.63) is 0 Å². The molecule has 2 rings (SSSR count). The largest absolute Gasteiger partial charge is 0.314 e. The lowest BCUT2D eigenvalue weighted by Crippen LogP contribution is -2.59. The third kappa shape index (κ3) is 2.51. The van der Waals surface area contributed by atoms with Crippen LogP contribution in [0, 0.1) is 0 Å². The van der Waals surface area contributed by atoms with Crippen LogP contribution >= 0.6 is 12.4 Å². The third-order valence-corrected chi connectivity index (χ3v) is 2.81. The lowest BCUT2D eigenvalue weighted by Gasteiger charge is -2.42. The number of rotatable bonds is 1. The molecule has 2 aliphatic heterocycles. The van der Waals surface area contributed by atoms with Crippen molar-refractivity contribution in [2.45, 2.75) is 24.8 Å². The Bertz CT molecular complexity index is 164. The predicted molar refractivity (Wildman–Crippen MR) is 49.7 cm³/mol. The van der Waals surface area contributed by atoms with Gasteiger partial charge in [-0.15, -0.1) is 12.4 Å². The molecule has 0 aromatic heterocycles. The minimum absolute atomic E-state index is 0. The minimum Gasteiger partial charge on any atom is -0.314 e. The van der Waals surface area contributed by atoms with E-state index >= 15 is 0 Å². The van der Waals surface area contributed by atoms with Gasteiger partial charge in [0.05, 0.1) is 0 Å². The van der Waals surface area contributed by atoms with E-state index in [4.69, 9.17) is 0 Å². The second kappa shape index (κ2) is 4.07. The molecule has 78 valence electrons. The van der Waals surface area contributed by atoms with Crippen molar-refractivity contribution in [3.8, 4) is 0 Å². The molecule has 1 N–H and O–H groups in total. The van der Waals surface area contributed by atoms with Gasteiger partial charge in [0.1, 0.15) is 0 Å². The summed E-state index contributed by atoms with van der Waals surface area (Å²) in [7, 11) is 0. The van der Waals surface area contributed by atoms with E-state index in [1.165, 1.54) is 0 Å². The first-order valence-electron chi connectivity index (χ1n) is 4.50. The van der Waals surface area contributed by atoms with E-state index in [1.807, 2.05) is 0 Å². The molecular formula is C8H15ClF2N2. The maximum atomic E-state index is 12.7. The number of hydrogen-bond donors (Lipinski definition) is 1. The Morgan fingerprint density at radius 2 is 1.69 bits per heavy atom. The molecule has 2 fully saturated rings. The number of alkyl halides is 2. The van der Waals surface area contributed by atoms with Crippen LogP contribution in [0.25, 0.3) is 0 Å². The van der Waals surface area contributed by atoms with Crippen LogP contribution in [-0.2, 0) is 0 Å². The third-order valence-electron chi connectivity index (χ3n) is 2.81. The van der Waals surface area contributed by atoms with Crippen LogP contribution in [0.1, 0.15) is 12.8 Å². The molecule has 0 unspecified atom stereocenters. The predicted octanol–water partition coefficient (Wildman–Crippen LogP) is 1.11. The highest BCUT2D eigenvalue weighted by Gasteiger charge is 2.37. The Balaban J connectivity index is 0.000000845. The first kappa shape index (κ1) is 11.1. The zero-order valence-electron chi connectivity index (χ0n) is 7.43. The van der Waals surface area contributed by atoms with Gasteiger partial charge in [-0.25, -0.2) is 8.78 Å². The average Bonchev–Trinajstić information content (AvgIpc) is 1.89. The molecule has 0 atom stereocenters. The smallest absolute Gasteiger partial charge is 0.250 e. The highest BCUT2D eigenvalue weighted by molar-refractivity contribution is 5.85. The normalized spacial score (nSPS) is 29.1. The molecule has 5 heteroatoms. The van der Waals surface area contributed by atoms with Crippen molar-refractivity contribution in [1.29, 1.82) is 0 Å². The number of likely N-dealkylation sites (tertiary alicyclic amines) is 1. The Morgan fingerprint density at radius 1 is 1.15 bits per heavy atom. The van der Waals surface area contributed by atoms with Crippen LogP contribution in [0.3, 0.4) is 0 Å². The highest BCUT2D eigenvalue weighted by Crippen LogP contribution is 2.28. The average molecular weight is 213 g/mol. The fourth-order valence-electron chi connectivity index (χ4n) is 1.75. The molecule has 0 amide bonds. The van der Waals surface area contributed by atoms with Crippen LogP contribution in [0.5, 0.6) is 0 Å². The van der Waals surface area contributed by atoms with Gasteiger partial charge in [-0.3, -0.25) is 4.90 Å². The zero-order chi connectivity index (χ0) is 8.60. The van der Waals surface area contributed by atoms with E-state index in [1.54, 1.807) is 0 Å². The summed E-state index contributed by atoms with van der Waals surface area (Å²) < 4.78 is 25.4. The topological polar surface area (TPSA) is 15.3 Å². The second-order valence-electron chi connectivity index (χ2n) is 3.70. The standard InChI is InChI=1S/C8H14F2N2.ClH/c9-8(10)1-3-12(4-2-8)7-5-11-6-7;/h7,11H,1-6H2;1H. The summed E-state index contributed by atoms with van der Waals surface area (Å²) in [5.74, 6) is -2.40. The van der Waals surface area contributed by atoms with Crippen molar-refractivity contribution in [2.75, 3.05) is 26.2 Å². The second-order valence-corrected chi connectivity index (χ2v) is 3.70. The maximum Gasteiger partial charge on any atom is 0.250 e. The van der Waals surface area contributed by atoms with Gasteiger partial charge < -0.3 is 5.32 Å². The van der Waals surface area contributed by atoms with E-state index in [-0.39, 0.29) is 25.2 Å². The molecular weight excluding hydrogens is 198 g/mol.